The highest BCUT2D eigenvalue weighted by Crippen LogP contribution is 2.40. The summed E-state index contributed by atoms with van der Waals surface area (Å²) in [4.78, 5) is 3.75. The Morgan fingerprint density at radius 2 is 1.87 bits per heavy atom. The molecule has 1 saturated carbocycles. The number of nitrogens with one attached hydrogen (secondary N) is 2. The predicted molar refractivity (Wildman–Crippen MR) is 128 cm³/mol. The third-order valence-corrected chi connectivity index (χ3v) is 6.72. The van der Waals surface area contributed by atoms with E-state index in [4.69, 9.17) is 4.74 Å². The van der Waals surface area contributed by atoms with Gasteiger partial charge in [-0.3, -0.25) is 0 Å². The second kappa shape index (κ2) is 8.85. The van der Waals surface area contributed by atoms with E-state index in [1.54, 1.807) is 7.11 Å². The zero-order valence-electron chi connectivity index (χ0n) is 19.0. The van der Waals surface area contributed by atoms with Gasteiger partial charge in [0.2, 0.25) is 0 Å². The Labute approximate surface area is 181 Å². The zero-order chi connectivity index (χ0) is 21.3. The molecule has 1 aliphatic carbocycles. The fourth-order valence-electron chi connectivity index (χ4n) is 4.79. The molecule has 1 aromatic carbocycles. The first-order valence-electron chi connectivity index (χ1n) is 11.5. The number of methoxy groups -OCH3 is 1. The lowest BCUT2D eigenvalue weighted by Gasteiger charge is -2.23. The lowest BCUT2D eigenvalue weighted by Crippen LogP contribution is -2.26. The van der Waals surface area contributed by atoms with Gasteiger partial charge in [0.05, 0.1) is 12.8 Å². The first-order valence-corrected chi connectivity index (χ1v) is 11.5. The molecule has 0 unspecified atom stereocenters. The average Bonchev–Trinajstić information content (AvgIpc) is 3.53. The summed E-state index contributed by atoms with van der Waals surface area (Å²) in [5.74, 6) is 2.51. The molecule has 30 heavy (non-hydrogen) atoms. The number of piperidine rings is 1. The van der Waals surface area contributed by atoms with E-state index in [1.165, 1.54) is 64.6 Å². The van der Waals surface area contributed by atoms with Gasteiger partial charge in [-0.15, -0.1) is 0 Å². The van der Waals surface area contributed by atoms with Crippen molar-refractivity contribution in [2.45, 2.75) is 58.3 Å². The number of rotatable bonds is 7. The van der Waals surface area contributed by atoms with Crippen LogP contribution in [-0.4, -0.2) is 25.2 Å². The van der Waals surface area contributed by atoms with Gasteiger partial charge in [-0.2, -0.15) is 0 Å². The molecule has 2 heterocycles. The van der Waals surface area contributed by atoms with Crippen LogP contribution >= 0.6 is 0 Å². The molecule has 3 nitrogen and oxygen atoms in total. The lowest BCUT2D eigenvalue weighted by molar-refractivity contribution is 0.309. The van der Waals surface area contributed by atoms with Gasteiger partial charge < -0.3 is 15.0 Å². The highest BCUT2D eigenvalue weighted by molar-refractivity contribution is 5.92. The van der Waals surface area contributed by atoms with Crippen LogP contribution in [0.4, 0.5) is 0 Å². The van der Waals surface area contributed by atoms with E-state index in [2.05, 4.69) is 68.0 Å². The fourth-order valence-corrected chi connectivity index (χ4v) is 4.79. The summed E-state index contributed by atoms with van der Waals surface area (Å²) in [6.07, 6.45) is 9.49. The van der Waals surface area contributed by atoms with Crippen LogP contribution in [0.2, 0.25) is 0 Å². The third kappa shape index (κ3) is 4.41. The van der Waals surface area contributed by atoms with Gasteiger partial charge in [0.1, 0.15) is 5.76 Å². The molecule has 0 spiro atoms. The minimum absolute atomic E-state index is 0.422. The first-order chi connectivity index (χ1) is 14.5. The van der Waals surface area contributed by atoms with Crippen LogP contribution in [0.5, 0.6) is 0 Å². The molecule has 2 aromatic rings. The number of benzene rings is 1. The Hall–Kier alpha value is -2.26. The number of aromatic amines is 1. The summed E-state index contributed by atoms with van der Waals surface area (Å²) in [5.41, 5.74) is 7.94. The van der Waals surface area contributed by atoms with Crippen LogP contribution < -0.4 is 5.32 Å². The molecule has 1 aliphatic heterocycles. The minimum Gasteiger partial charge on any atom is -0.497 e. The molecule has 4 rings (SSSR count). The number of H-pyrrole nitrogens is 1. The van der Waals surface area contributed by atoms with Crippen LogP contribution in [0, 0.1) is 5.92 Å². The van der Waals surface area contributed by atoms with Crippen molar-refractivity contribution in [3.05, 3.63) is 65.1 Å². The number of hydrogen-bond donors (Lipinski definition) is 2. The van der Waals surface area contributed by atoms with Crippen LogP contribution in [0.1, 0.15) is 75.1 Å². The molecule has 1 saturated heterocycles. The molecule has 0 bridgehead atoms. The van der Waals surface area contributed by atoms with Gasteiger partial charge in [0.25, 0.3) is 0 Å². The van der Waals surface area contributed by atoms with Crippen molar-refractivity contribution in [1.82, 2.24) is 10.3 Å². The van der Waals surface area contributed by atoms with Gasteiger partial charge in [0.15, 0.2) is 0 Å². The number of aromatic nitrogens is 1. The molecule has 2 fully saturated rings. The predicted octanol–water partition coefficient (Wildman–Crippen LogP) is 6.66. The number of allylic oxidation sites excluding steroid dienone is 4. The maximum absolute atomic E-state index is 5.41. The van der Waals surface area contributed by atoms with Crippen molar-refractivity contribution in [2.75, 3.05) is 20.2 Å². The number of ether oxygens (including phenoxy) is 1. The van der Waals surface area contributed by atoms with Gasteiger partial charge in [-0.05, 0) is 92.8 Å². The molecule has 0 radical (unpaired) electrons. The standard InChI is InChI=1S/C27H36N2O/c1-17(2)26-24-16-22(21-10-12-28-13-11-21)8-9-25(24)29-27(26)23(15-19(4)30-5)14-18(3)20-6-7-20/h8-9,14-17,20-21,28-29H,4,6-7,10-13H2,1-3,5H3/b18-14+,23-15+. The van der Waals surface area contributed by atoms with Crippen molar-refractivity contribution in [3.8, 4) is 0 Å². The number of hydrogen-bond acceptors (Lipinski definition) is 2. The van der Waals surface area contributed by atoms with E-state index in [-0.39, 0.29) is 0 Å². The van der Waals surface area contributed by atoms with E-state index in [9.17, 15) is 0 Å². The third-order valence-electron chi connectivity index (χ3n) is 6.72. The van der Waals surface area contributed by atoms with E-state index in [1.807, 2.05) is 0 Å². The first kappa shape index (κ1) is 21.0. The van der Waals surface area contributed by atoms with E-state index < -0.39 is 0 Å². The van der Waals surface area contributed by atoms with Crippen molar-refractivity contribution >= 4 is 16.5 Å². The molecule has 0 atom stereocenters. The van der Waals surface area contributed by atoms with Crippen molar-refractivity contribution in [3.63, 3.8) is 0 Å². The van der Waals surface area contributed by atoms with E-state index >= 15 is 0 Å². The molecule has 160 valence electrons. The normalized spacial score (nSPS) is 19.0. The smallest absolute Gasteiger partial charge is 0.112 e. The summed E-state index contributed by atoms with van der Waals surface area (Å²) in [7, 11) is 1.69. The molecule has 0 amide bonds. The molecule has 1 aromatic heterocycles. The van der Waals surface area contributed by atoms with Gasteiger partial charge in [-0.1, -0.05) is 38.1 Å². The summed E-state index contributed by atoms with van der Waals surface area (Å²) >= 11 is 0. The molecule has 3 heteroatoms. The Balaban J connectivity index is 1.83. The molecular formula is C27H36N2O. The molecule has 2 N–H and O–H groups in total. The second-order valence-electron chi connectivity index (χ2n) is 9.33. The van der Waals surface area contributed by atoms with Crippen molar-refractivity contribution in [2.24, 2.45) is 5.92 Å². The highest BCUT2D eigenvalue weighted by atomic mass is 16.5. The molecule has 2 aliphatic rings. The topological polar surface area (TPSA) is 37.0 Å². The Morgan fingerprint density at radius 1 is 1.13 bits per heavy atom. The highest BCUT2D eigenvalue weighted by Gasteiger charge is 2.25. The Kier molecular flexibility index (Phi) is 6.19. The van der Waals surface area contributed by atoms with Gasteiger partial charge >= 0.3 is 0 Å². The quantitative estimate of drug-likeness (QED) is 0.400. The Bertz CT molecular complexity index is 982. The maximum Gasteiger partial charge on any atom is 0.112 e. The summed E-state index contributed by atoms with van der Waals surface area (Å²) in [6, 6.07) is 7.05. The van der Waals surface area contributed by atoms with Crippen LogP contribution in [0.3, 0.4) is 0 Å². The Morgan fingerprint density at radius 3 is 2.50 bits per heavy atom. The summed E-state index contributed by atoms with van der Waals surface area (Å²) in [6.45, 7) is 13.2. The van der Waals surface area contributed by atoms with Gasteiger partial charge in [-0.25, -0.2) is 0 Å². The largest absolute Gasteiger partial charge is 0.497 e. The fraction of sp³-hybridized carbons (Fsp3) is 0.481. The van der Waals surface area contributed by atoms with Crippen molar-refractivity contribution in [1.29, 1.82) is 0 Å². The lowest BCUT2D eigenvalue weighted by atomic mass is 9.88. The average molecular weight is 405 g/mol. The van der Waals surface area contributed by atoms with Crippen molar-refractivity contribution < 1.29 is 4.74 Å². The SMILES string of the molecule is C=C(/C=C(\C=C(/C)C1CC1)c1[nH]c2ccc(C3CCNCC3)cc2c1C(C)C)OC. The summed E-state index contributed by atoms with van der Waals surface area (Å²) < 4.78 is 5.41. The van der Waals surface area contributed by atoms with E-state index in [0.717, 1.165) is 19.0 Å². The minimum atomic E-state index is 0.422. The second-order valence-corrected chi connectivity index (χ2v) is 9.33. The van der Waals surface area contributed by atoms with Crippen LogP contribution in [0.15, 0.2) is 48.3 Å². The summed E-state index contributed by atoms with van der Waals surface area (Å²) in [5, 5.41) is 4.85. The maximum atomic E-state index is 5.41. The van der Waals surface area contributed by atoms with Gasteiger partial charge in [0, 0.05) is 16.5 Å². The molecular weight excluding hydrogens is 368 g/mol. The monoisotopic (exact) mass is 404 g/mol. The zero-order valence-corrected chi connectivity index (χ0v) is 19.0. The van der Waals surface area contributed by atoms with Crippen LogP contribution in [-0.2, 0) is 4.74 Å². The van der Waals surface area contributed by atoms with Crippen LogP contribution in [0.25, 0.3) is 16.5 Å². The van der Waals surface area contributed by atoms with E-state index in [0.29, 0.717) is 17.6 Å². The number of fused-ring (bicyclic) bond motifs is 1.